The molecule has 1 aromatic carbocycles. The summed E-state index contributed by atoms with van der Waals surface area (Å²) in [4.78, 5) is 26.6. The average molecular weight is 350 g/mol. The zero-order valence-corrected chi connectivity index (χ0v) is 15.0. The van der Waals surface area contributed by atoms with Gasteiger partial charge in [-0.3, -0.25) is 9.69 Å². The van der Waals surface area contributed by atoms with Gasteiger partial charge in [-0.25, -0.2) is 4.79 Å². The third-order valence-electron chi connectivity index (χ3n) is 4.51. The maximum Gasteiger partial charge on any atom is 0.410 e. The van der Waals surface area contributed by atoms with Crippen LogP contribution in [0.1, 0.15) is 25.3 Å². The molecule has 138 valence electrons. The van der Waals surface area contributed by atoms with Crippen LogP contribution in [0.25, 0.3) is 0 Å². The summed E-state index contributed by atoms with van der Waals surface area (Å²) < 4.78 is 15.5. The van der Waals surface area contributed by atoms with Gasteiger partial charge in [0.1, 0.15) is 12.1 Å². The molecule has 1 N–H and O–H groups in total. The molecule has 1 aliphatic heterocycles. The summed E-state index contributed by atoms with van der Waals surface area (Å²) in [6, 6.07) is 9.45. The third kappa shape index (κ3) is 4.70. The van der Waals surface area contributed by atoms with Crippen LogP contribution < -0.4 is 5.32 Å². The van der Waals surface area contributed by atoms with E-state index >= 15 is 0 Å². The Morgan fingerprint density at radius 3 is 2.56 bits per heavy atom. The van der Waals surface area contributed by atoms with Crippen LogP contribution in [0.5, 0.6) is 0 Å². The first kappa shape index (κ1) is 19.2. The summed E-state index contributed by atoms with van der Waals surface area (Å²) in [6.07, 6.45) is 0.341. The fourth-order valence-corrected chi connectivity index (χ4v) is 2.92. The van der Waals surface area contributed by atoms with Crippen LogP contribution in [0, 0.1) is 0 Å². The second-order valence-electron chi connectivity index (χ2n) is 6.18. The van der Waals surface area contributed by atoms with E-state index in [-0.39, 0.29) is 19.1 Å². The Labute approximate surface area is 148 Å². The molecule has 1 aromatic rings. The van der Waals surface area contributed by atoms with Crippen LogP contribution in [0.15, 0.2) is 30.3 Å². The number of ether oxygens (including phenoxy) is 3. The van der Waals surface area contributed by atoms with Crippen molar-refractivity contribution in [2.45, 2.75) is 38.2 Å². The second kappa shape index (κ2) is 8.82. The molecule has 1 fully saturated rings. The molecule has 2 rings (SSSR count). The molecule has 1 atom stereocenters. The zero-order valence-electron chi connectivity index (χ0n) is 15.0. The highest BCUT2D eigenvalue weighted by atomic mass is 16.7. The first-order chi connectivity index (χ1) is 12.0. The van der Waals surface area contributed by atoms with E-state index in [1.165, 1.54) is 19.1 Å². The number of hydrogen-bond acceptors (Lipinski definition) is 5. The summed E-state index contributed by atoms with van der Waals surface area (Å²) in [5.41, 5.74) is -0.0241. The zero-order chi connectivity index (χ0) is 18.3. The SMILES string of the molecule is COC(CNC(=O)C1(C)CCCN1C(=O)OCc1ccccc1)OC. The predicted octanol–water partition coefficient (Wildman–Crippen LogP) is 1.91. The molecule has 7 nitrogen and oxygen atoms in total. The molecule has 2 amide bonds. The normalized spacial score (nSPS) is 19.9. The fourth-order valence-electron chi connectivity index (χ4n) is 2.92. The van der Waals surface area contributed by atoms with Gasteiger partial charge in [0, 0.05) is 20.8 Å². The number of rotatable bonds is 7. The molecule has 0 aliphatic carbocycles. The molecule has 1 aliphatic rings. The van der Waals surface area contributed by atoms with Gasteiger partial charge in [0.15, 0.2) is 6.29 Å². The average Bonchev–Trinajstić information content (AvgIpc) is 3.04. The van der Waals surface area contributed by atoms with Crippen LogP contribution in [0.2, 0.25) is 0 Å². The fraction of sp³-hybridized carbons (Fsp3) is 0.556. The van der Waals surface area contributed by atoms with Crippen molar-refractivity contribution in [2.75, 3.05) is 27.3 Å². The molecule has 0 aromatic heterocycles. The van der Waals surface area contributed by atoms with Crippen molar-refractivity contribution in [1.29, 1.82) is 0 Å². The van der Waals surface area contributed by atoms with Gasteiger partial charge in [-0.15, -0.1) is 0 Å². The highest BCUT2D eigenvalue weighted by Gasteiger charge is 2.46. The Balaban J connectivity index is 1.94. The molecular formula is C18H26N2O5. The summed E-state index contributed by atoms with van der Waals surface area (Å²) >= 11 is 0. The number of likely N-dealkylation sites (tertiary alicyclic amines) is 1. The Kier molecular flexibility index (Phi) is 6.78. The Bertz CT molecular complexity index is 576. The van der Waals surface area contributed by atoms with E-state index in [4.69, 9.17) is 14.2 Å². The van der Waals surface area contributed by atoms with E-state index in [2.05, 4.69) is 5.32 Å². The largest absolute Gasteiger partial charge is 0.445 e. The van der Waals surface area contributed by atoms with E-state index in [0.717, 1.165) is 12.0 Å². The lowest BCUT2D eigenvalue weighted by Crippen LogP contribution is -2.56. The summed E-state index contributed by atoms with van der Waals surface area (Å²) in [6.45, 7) is 2.65. The van der Waals surface area contributed by atoms with Gasteiger partial charge in [-0.05, 0) is 25.3 Å². The molecule has 0 saturated carbocycles. The number of methoxy groups -OCH3 is 2. The van der Waals surface area contributed by atoms with E-state index in [9.17, 15) is 9.59 Å². The van der Waals surface area contributed by atoms with E-state index in [0.29, 0.717) is 13.0 Å². The second-order valence-corrected chi connectivity index (χ2v) is 6.18. The third-order valence-corrected chi connectivity index (χ3v) is 4.51. The van der Waals surface area contributed by atoms with Crippen molar-refractivity contribution >= 4 is 12.0 Å². The number of nitrogens with one attached hydrogen (secondary N) is 1. The monoisotopic (exact) mass is 350 g/mol. The van der Waals surface area contributed by atoms with Gasteiger partial charge < -0.3 is 19.5 Å². The standard InChI is InChI=1S/C18H26N2O5/c1-18(16(21)19-12-15(23-2)24-3)10-7-11-20(18)17(22)25-13-14-8-5-4-6-9-14/h4-6,8-9,15H,7,10-13H2,1-3H3,(H,19,21). The molecule has 1 unspecified atom stereocenters. The van der Waals surface area contributed by atoms with Crippen LogP contribution in [-0.2, 0) is 25.6 Å². The van der Waals surface area contributed by atoms with Gasteiger partial charge >= 0.3 is 6.09 Å². The van der Waals surface area contributed by atoms with Crippen molar-refractivity contribution in [3.05, 3.63) is 35.9 Å². The lowest BCUT2D eigenvalue weighted by Gasteiger charge is -2.33. The summed E-state index contributed by atoms with van der Waals surface area (Å²) in [7, 11) is 3.01. The minimum absolute atomic E-state index is 0.184. The molecule has 0 bridgehead atoms. The van der Waals surface area contributed by atoms with Crippen LogP contribution in [0.3, 0.4) is 0 Å². The number of benzene rings is 1. The van der Waals surface area contributed by atoms with Gasteiger partial charge in [0.2, 0.25) is 5.91 Å². The van der Waals surface area contributed by atoms with Crippen LogP contribution in [-0.4, -0.2) is 56.0 Å². The minimum atomic E-state index is -0.931. The first-order valence-corrected chi connectivity index (χ1v) is 8.33. The highest BCUT2D eigenvalue weighted by Crippen LogP contribution is 2.30. The molecule has 1 heterocycles. The number of amides is 2. The Morgan fingerprint density at radius 1 is 1.24 bits per heavy atom. The van der Waals surface area contributed by atoms with Crippen molar-refractivity contribution < 1.29 is 23.8 Å². The summed E-state index contributed by atoms with van der Waals surface area (Å²) in [5.74, 6) is -0.235. The van der Waals surface area contributed by atoms with Crippen molar-refractivity contribution in [3.8, 4) is 0 Å². The van der Waals surface area contributed by atoms with E-state index < -0.39 is 17.9 Å². The van der Waals surface area contributed by atoms with Gasteiger partial charge in [-0.1, -0.05) is 30.3 Å². The van der Waals surface area contributed by atoms with Crippen molar-refractivity contribution in [3.63, 3.8) is 0 Å². The molecule has 0 radical (unpaired) electrons. The van der Waals surface area contributed by atoms with E-state index in [1.54, 1.807) is 6.92 Å². The van der Waals surface area contributed by atoms with Crippen LogP contribution >= 0.6 is 0 Å². The number of hydrogen-bond donors (Lipinski definition) is 1. The number of carbonyl (C=O) groups is 2. The molecular weight excluding hydrogens is 324 g/mol. The van der Waals surface area contributed by atoms with Gasteiger partial charge in [0.05, 0.1) is 6.54 Å². The minimum Gasteiger partial charge on any atom is -0.445 e. The number of carbonyl (C=O) groups excluding carboxylic acids is 2. The van der Waals surface area contributed by atoms with Crippen molar-refractivity contribution in [1.82, 2.24) is 10.2 Å². The first-order valence-electron chi connectivity index (χ1n) is 8.33. The lowest BCUT2D eigenvalue weighted by molar-refractivity contribution is -0.135. The number of nitrogens with zero attached hydrogens (tertiary/aromatic N) is 1. The molecule has 25 heavy (non-hydrogen) atoms. The van der Waals surface area contributed by atoms with Crippen LogP contribution in [0.4, 0.5) is 4.79 Å². The molecule has 0 spiro atoms. The highest BCUT2D eigenvalue weighted by molar-refractivity contribution is 5.90. The van der Waals surface area contributed by atoms with Gasteiger partial charge in [-0.2, -0.15) is 0 Å². The molecule has 1 saturated heterocycles. The lowest BCUT2D eigenvalue weighted by atomic mass is 9.98. The van der Waals surface area contributed by atoms with E-state index in [1.807, 2.05) is 30.3 Å². The maximum absolute atomic E-state index is 12.6. The van der Waals surface area contributed by atoms with Crippen molar-refractivity contribution in [2.24, 2.45) is 0 Å². The smallest absolute Gasteiger partial charge is 0.410 e. The topological polar surface area (TPSA) is 77.1 Å². The predicted molar refractivity (Wildman–Crippen MR) is 91.8 cm³/mol. The maximum atomic E-state index is 12.6. The summed E-state index contributed by atoms with van der Waals surface area (Å²) in [5, 5.41) is 2.79. The molecule has 7 heteroatoms. The Hall–Kier alpha value is -2.12. The quantitative estimate of drug-likeness (QED) is 0.760. The Morgan fingerprint density at radius 2 is 1.92 bits per heavy atom. The van der Waals surface area contributed by atoms with Gasteiger partial charge in [0.25, 0.3) is 0 Å².